The smallest absolute Gasteiger partial charge is 0.279 e. The maximum atomic E-state index is 13.4. The van der Waals surface area contributed by atoms with Crippen molar-refractivity contribution in [3.63, 3.8) is 0 Å². The molecule has 0 N–H and O–H groups in total. The van der Waals surface area contributed by atoms with Gasteiger partial charge in [-0.05, 0) is 42.7 Å². The Balaban J connectivity index is 2.08. The largest absolute Gasteiger partial charge is 0.493 e. The van der Waals surface area contributed by atoms with Gasteiger partial charge in [-0.2, -0.15) is 10.3 Å². The van der Waals surface area contributed by atoms with Crippen LogP contribution in [0.4, 0.5) is 0 Å². The Hall–Kier alpha value is -4.65. The van der Waals surface area contributed by atoms with Crippen LogP contribution in [0, 0.1) is 24.2 Å². The van der Waals surface area contributed by atoms with Crippen LogP contribution in [0.5, 0.6) is 17.2 Å². The van der Waals surface area contributed by atoms with Gasteiger partial charge in [-0.15, -0.1) is 0 Å². The van der Waals surface area contributed by atoms with Gasteiger partial charge >= 0.3 is 0 Å². The van der Waals surface area contributed by atoms with Crippen LogP contribution in [0.25, 0.3) is 16.7 Å². The first-order valence-corrected chi connectivity index (χ1v) is 11.6. The SMILES string of the molecule is COc1cc(C(=O)N=c2c(C#N)cc3c(=O)n4cccc(C)c4nc3n2CC(C)C)cc(OC)c1OC. The number of methoxy groups -OCH3 is 3. The van der Waals surface area contributed by atoms with Crippen molar-refractivity contribution >= 4 is 22.6 Å². The zero-order chi connectivity index (χ0) is 26.9. The molecule has 10 nitrogen and oxygen atoms in total. The van der Waals surface area contributed by atoms with Crippen molar-refractivity contribution in [2.24, 2.45) is 10.9 Å². The summed E-state index contributed by atoms with van der Waals surface area (Å²) in [5, 5.41) is 10.2. The lowest BCUT2D eigenvalue weighted by molar-refractivity contribution is 0.0996. The van der Waals surface area contributed by atoms with Crippen molar-refractivity contribution in [1.29, 1.82) is 5.26 Å². The molecule has 3 aromatic heterocycles. The Morgan fingerprint density at radius 1 is 1.11 bits per heavy atom. The summed E-state index contributed by atoms with van der Waals surface area (Å²) in [6.07, 6.45) is 1.64. The summed E-state index contributed by atoms with van der Waals surface area (Å²) in [5.41, 5.74) is 1.73. The molecule has 1 amide bonds. The van der Waals surface area contributed by atoms with Gasteiger partial charge in [0.05, 0.1) is 32.3 Å². The summed E-state index contributed by atoms with van der Waals surface area (Å²) in [7, 11) is 4.37. The second-order valence-corrected chi connectivity index (χ2v) is 8.87. The standard InChI is InChI=1S/C27H27N5O5/c1-15(2)14-32-24(30-26(33)17-11-20(35-4)22(37-6)21(12-17)36-5)18(13-28)10-19-25(32)29-23-16(3)8-7-9-31(23)27(19)34/h7-12,15H,14H2,1-6H3. The van der Waals surface area contributed by atoms with Gasteiger partial charge < -0.3 is 18.8 Å². The van der Waals surface area contributed by atoms with E-state index in [1.54, 1.807) is 16.8 Å². The van der Waals surface area contributed by atoms with Crippen molar-refractivity contribution in [3.8, 4) is 23.3 Å². The number of carbonyl (C=O) groups is 1. The van der Waals surface area contributed by atoms with E-state index >= 15 is 0 Å². The van der Waals surface area contributed by atoms with Crippen LogP contribution in [0.1, 0.15) is 35.3 Å². The summed E-state index contributed by atoms with van der Waals surface area (Å²) in [5.74, 6) is 0.412. The van der Waals surface area contributed by atoms with E-state index in [4.69, 9.17) is 19.2 Å². The number of fused-ring (bicyclic) bond motifs is 2. The number of hydrogen-bond donors (Lipinski definition) is 0. The molecule has 0 aliphatic carbocycles. The van der Waals surface area contributed by atoms with Crippen LogP contribution in [0.15, 0.2) is 46.3 Å². The molecule has 0 bridgehead atoms. The number of aryl methyl sites for hydroxylation is 1. The number of benzene rings is 1. The van der Waals surface area contributed by atoms with Gasteiger partial charge in [0.1, 0.15) is 17.4 Å². The molecule has 10 heteroatoms. The highest BCUT2D eigenvalue weighted by molar-refractivity contribution is 5.96. The highest BCUT2D eigenvalue weighted by atomic mass is 16.5. The van der Waals surface area contributed by atoms with Crippen molar-refractivity contribution in [2.45, 2.75) is 27.3 Å². The maximum Gasteiger partial charge on any atom is 0.279 e. The average molecular weight is 502 g/mol. The van der Waals surface area contributed by atoms with Crippen LogP contribution in [-0.4, -0.2) is 41.2 Å². The minimum absolute atomic E-state index is 0.0837. The first-order chi connectivity index (χ1) is 17.7. The number of nitrogens with zero attached hydrogens (tertiary/aromatic N) is 5. The van der Waals surface area contributed by atoms with E-state index in [1.807, 2.05) is 26.8 Å². The lowest BCUT2D eigenvalue weighted by Crippen LogP contribution is -2.31. The highest BCUT2D eigenvalue weighted by Gasteiger charge is 2.19. The van der Waals surface area contributed by atoms with E-state index in [1.165, 1.54) is 43.9 Å². The van der Waals surface area contributed by atoms with Crippen LogP contribution < -0.4 is 25.3 Å². The van der Waals surface area contributed by atoms with Gasteiger partial charge in [0.25, 0.3) is 11.5 Å². The van der Waals surface area contributed by atoms with E-state index in [0.717, 1.165) is 5.56 Å². The molecule has 4 rings (SSSR count). The second-order valence-electron chi connectivity index (χ2n) is 8.87. The molecule has 0 saturated carbocycles. The lowest BCUT2D eigenvalue weighted by atomic mass is 10.1. The van der Waals surface area contributed by atoms with E-state index in [2.05, 4.69) is 11.1 Å². The van der Waals surface area contributed by atoms with E-state index in [9.17, 15) is 14.9 Å². The molecule has 0 radical (unpaired) electrons. The molecule has 0 aliphatic rings. The molecule has 1 aromatic carbocycles. The number of pyridine rings is 2. The summed E-state index contributed by atoms with van der Waals surface area (Å²) >= 11 is 0. The van der Waals surface area contributed by atoms with Crippen molar-refractivity contribution < 1.29 is 19.0 Å². The predicted octanol–water partition coefficient (Wildman–Crippen LogP) is 3.25. The van der Waals surface area contributed by atoms with Gasteiger partial charge in [0, 0.05) is 18.3 Å². The molecule has 0 unspecified atom stereocenters. The maximum absolute atomic E-state index is 13.4. The fraction of sp³-hybridized carbons (Fsp3) is 0.296. The average Bonchev–Trinajstić information content (AvgIpc) is 2.89. The Morgan fingerprint density at radius 3 is 2.35 bits per heavy atom. The Labute approximate surface area is 213 Å². The number of aromatic nitrogens is 3. The fourth-order valence-corrected chi connectivity index (χ4v) is 4.19. The third kappa shape index (κ3) is 4.51. The van der Waals surface area contributed by atoms with E-state index in [-0.39, 0.29) is 33.5 Å². The normalized spacial score (nSPS) is 11.7. The molecule has 0 aliphatic heterocycles. The minimum Gasteiger partial charge on any atom is -0.493 e. The molecule has 0 saturated heterocycles. The monoisotopic (exact) mass is 501 g/mol. The van der Waals surface area contributed by atoms with Gasteiger partial charge in [-0.1, -0.05) is 19.9 Å². The first-order valence-electron chi connectivity index (χ1n) is 11.6. The lowest BCUT2D eigenvalue weighted by Gasteiger charge is -2.16. The number of rotatable bonds is 6. The molecule has 3 heterocycles. The predicted molar refractivity (Wildman–Crippen MR) is 137 cm³/mol. The Bertz CT molecular complexity index is 1680. The zero-order valence-corrected chi connectivity index (χ0v) is 21.5. The Kier molecular flexibility index (Phi) is 6.98. The minimum atomic E-state index is -0.624. The zero-order valence-electron chi connectivity index (χ0n) is 21.5. The van der Waals surface area contributed by atoms with Gasteiger partial charge in [0.2, 0.25) is 5.75 Å². The molecule has 0 fully saturated rings. The van der Waals surface area contributed by atoms with E-state index < -0.39 is 5.91 Å². The molecular weight excluding hydrogens is 474 g/mol. The number of ether oxygens (including phenoxy) is 3. The summed E-state index contributed by atoms with van der Waals surface area (Å²) in [4.78, 5) is 35.9. The van der Waals surface area contributed by atoms with Crippen LogP contribution in [0.3, 0.4) is 0 Å². The van der Waals surface area contributed by atoms with Gasteiger partial charge in [0.15, 0.2) is 17.0 Å². The summed E-state index contributed by atoms with van der Waals surface area (Å²) in [6, 6.07) is 10.2. The third-order valence-corrected chi connectivity index (χ3v) is 5.89. The van der Waals surface area contributed by atoms with E-state index in [0.29, 0.717) is 35.1 Å². The third-order valence-electron chi connectivity index (χ3n) is 5.89. The molecule has 37 heavy (non-hydrogen) atoms. The first kappa shape index (κ1) is 25.4. The topological polar surface area (TPSA) is 120 Å². The molecule has 190 valence electrons. The van der Waals surface area contributed by atoms with Crippen molar-refractivity contribution in [3.05, 3.63) is 69.1 Å². The quantitative estimate of drug-likeness (QED) is 0.372. The van der Waals surface area contributed by atoms with Crippen LogP contribution >= 0.6 is 0 Å². The fourth-order valence-electron chi connectivity index (χ4n) is 4.19. The Morgan fingerprint density at radius 2 is 1.78 bits per heavy atom. The molecule has 0 spiro atoms. The van der Waals surface area contributed by atoms with Crippen molar-refractivity contribution in [2.75, 3.05) is 21.3 Å². The molecular formula is C27H27N5O5. The molecule has 0 atom stereocenters. The summed E-state index contributed by atoms with van der Waals surface area (Å²) < 4.78 is 19.2. The summed E-state index contributed by atoms with van der Waals surface area (Å²) in [6.45, 7) is 6.22. The van der Waals surface area contributed by atoms with Gasteiger partial charge in [-0.25, -0.2) is 4.98 Å². The second kappa shape index (κ2) is 10.1. The van der Waals surface area contributed by atoms with Crippen LogP contribution in [-0.2, 0) is 6.54 Å². The number of nitriles is 1. The van der Waals surface area contributed by atoms with Gasteiger partial charge in [-0.3, -0.25) is 14.0 Å². The van der Waals surface area contributed by atoms with Crippen molar-refractivity contribution in [1.82, 2.24) is 14.0 Å². The molecule has 4 aromatic rings. The number of amides is 1. The number of hydrogen-bond acceptors (Lipinski definition) is 7. The van der Waals surface area contributed by atoms with Crippen LogP contribution in [0.2, 0.25) is 0 Å². The highest BCUT2D eigenvalue weighted by Crippen LogP contribution is 2.38. The number of carbonyl (C=O) groups excluding carboxylic acids is 1.